The summed E-state index contributed by atoms with van der Waals surface area (Å²) in [5.41, 5.74) is 2.54. The molecule has 1 aromatic heterocycles. The topological polar surface area (TPSA) is 77.3 Å². The van der Waals surface area contributed by atoms with Gasteiger partial charge in [-0.05, 0) is 48.7 Å². The summed E-state index contributed by atoms with van der Waals surface area (Å²) in [4.78, 5) is 27.0. The van der Waals surface area contributed by atoms with Crippen molar-refractivity contribution >= 4 is 16.8 Å². The van der Waals surface area contributed by atoms with Crippen LogP contribution in [0.3, 0.4) is 0 Å². The molecule has 2 aromatic carbocycles. The minimum atomic E-state index is -0.301. The lowest BCUT2D eigenvalue weighted by Crippen LogP contribution is -2.40. The second kappa shape index (κ2) is 7.19. The van der Waals surface area contributed by atoms with Crippen LogP contribution in [0.25, 0.3) is 10.9 Å². The fourth-order valence-corrected chi connectivity index (χ4v) is 3.36. The Morgan fingerprint density at radius 3 is 2.89 bits per heavy atom. The Labute approximate surface area is 156 Å². The van der Waals surface area contributed by atoms with Gasteiger partial charge in [-0.2, -0.15) is 0 Å². The van der Waals surface area contributed by atoms with Gasteiger partial charge >= 0.3 is 0 Å². The molecular formula is C20H20N4O3. The summed E-state index contributed by atoms with van der Waals surface area (Å²) >= 11 is 0. The second-order valence-electron chi connectivity index (χ2n) is 6.50. The van der Waals surface area contributed by atoms with Crippen molar-refractivity contribution in [2.45, 2.75) is 26.4 Å². The lowest BCUT2D eigenvalue weighted by molar-refractivity contribution is -0.133. The number of hydrogen-bond acceptors (Lipinski definition) is 5. The molecule has 4 rings (SSSR count). The van der Waals surface area contributed by atoms with Crippen molar-refractivity contribution in [3.05, 3.63) is 63.9 Å². The van der Waals surface area contributed by atoms with Crippen LogP contribution in [0.4, 0.5) is 0 Å². The van der Waals surface area contributed by atoms with Crippen LogP contribution >= 0.6 is 0 Å². The first kappa shape index (κ1) is 17.2. The van der Waals surface area contributed by atoms with Crippen molar-refractivity contribution in [3.63, 3.8) is 0 Å². The van der Waals surface area contributed by atoms with Gasteiger partial charge in [-0.3, -0.25) is 9.59 Å². The van der Waals surface area contributed by atoms with Crippen molar-refractivity contribution in [2.75, 3.05) is 13.2 Å². The SMILES string of the molecule is CCOc1ccc2c(c1)CN(C(=O)Cn1nnc3ccccc3c1=O)CC2. The third-order valence-corrected chi connectivity index (χ3v) is 4.77. The minimum Gasteiger partial charge on any atom is -0.494 e. The maximum atomic E-state index is 12.7. The molecule has 138 valence electrons. The quantitative estimate of drug-likeness (QED) is 0.705. The molecule has 0 radical (unpaired) electrons. The maximum absolute atomic E-state index is 12.7. The average Bonchev–Trinajstić information content (AvgIpc) is 2.70. The standard InChI is InChI=1S/C20H20N4O3/c1-2-27-16-8-7-14-9-10-23(12-15(14)11-16)19(25)13-24-20(26)17-5-3-4-6-18(17)21-22-24/h3-8,11H,2,9-10,12-13H2,1H3. The van der Waals surface area contributed by atoms with Gasteiger partial charge in [-0.1, -0.05) is 23.4 Å². The van der Waals surface area contributed by atoms with E-state index in [0.29, 0.717) is 30.6 Å². The van der Waals surface area contributed by atoms with Crippen molar-refractivity contribution in [1.82, 2.24) is 19.9 Å². The molecule has 27 heavy (non-hydrogen) atoms. The number of amides is 1. The van der Waals surface area contributed by atoms with Crippen molar-refractivity contribution in [2.24, 2.45) is 0 Å². The molecule has 7 heteroatoms. The van der Waals surface area contributed by atoms with E-state index in [1.807, 2.05) is 19.1 Å². The van der Waals surface area contributed by atoms with E-state index < -0.39 is 0 Å². The fraction of sp³-hybridized carbons (Fsp3) is 0.300. The number of carbonyl (C=O) groups excluding carboxylic acids is 1. The minimum absolute atomic E-state index is 0.114. The van der Waals surface area contributed by atoms with Gasteiger partial charge in [0.15, 0.2) is 0 Å². The predicted octanol–water partition coefficient (Wildman–Crippen LogP) is 1.78. The van der Waals surface area contributed by atoms with Crippen LogP contribution in [0, 0.1) is 0 Å². The smallest absolute Gasteiger partial charge is 0.278 e. The van der Waals surface area contributed by atoms with Crippen LogP contribution in [-0.4, -0.2) is 39.0 Å². The summed E-state index contributed by atoms with van der Waals surface area (Å²) in [5, 5.41) is 8.41. The highest BCUT2D eigenvalue weighted by Crippen LogP contribution is 2.24. The molecule has 0 saturated carbocycles. The van der Waals surface area contributed by atoms with E-state index in [2.05, 4.69) is 16.4 Å². The molecular weight excluding hydrogens is 344 g/mol. The van der Waals surface area contributed by atoms with Gasteiger partial charge in [0.2, 0.25) is 5.91 Å². The van der Waals surface area contributed by atoms with E-state index in [9.17, 15) is 9.59 Å². The van der Waals surface area contributed by atoms with Crippen LogP contribution in [-0.2, 0) is 24.3 Å². The first-order valence-electron chi connectivity index (χ1n) is 9.00. The third-order valence-electron chi connectivity index (χ3n) is 4.77. The van der Waals surface area contributed by atoms with Gasteiger partial charge in [0, 0.05) is 13.1 Å². The summed E-state index contributed by atoms with van der Waals surface area (Å²) < 4.78 is 6.69. The van der Waals surface area contributed by atoms with Gasteiger partial charge in [0.05, 0.1) is 12.0 Å². The zero-order chi connectivity index (χ0) is 18.8. The number of benzene rings is 2. The molecule has 0 unspecified atom stereocenters. The van der Waals surface area contributed by atoms with Gasteiger partial charge in [0.25, 0.3) is 5.56 Å². The number of hydrogen-bond donors (Lipinski definition) is 0. The normalized spacial score (nSPS) is 13.4. The third kappa shape index (κ3) is 3.40. The second-order valence-corrected chi connectivity index (χ2v) is 6.50. The molecule has 0 spiro atoms. The fourth-order valence-electron chi connectivity index (χ4n) is 3.36. The summed E-state index contributed by atoms with van der Waals surface area (Å²) in [6, 6.07) is 13.0. The molecule has 7 nitrogen and oxygen atoms in total. The molecule has 0 aliphatic carbocycles. The van der Waals surface area contributed by atoms with Crippen LogP contribution in [0.2, 0.25) is 0 Å². The number of rotatable bonds is 4. The molecule has 2 heterocycles. The number of carbonyl (C=O) groups is 1. The Bertz CT molecular complexity index is 1060. The monoisotopic (exact) mass is 364 g/mol. The van der Waals surface area contributed by atoms with Crippen LogP contribution in [0.1, 0.15) is 18.1 Å². The molecule has 0 saturated heterocycles. The Morgan fingerprint density at radius 2 is 2.04 bits per heavy atom. The Kier molecular flexibility index (Phi) is 4.58. The van der Waals surface area contributed by atoms with E-state index >= 15 is 0 Å². The number of ether oxygens (including phenoxy) is 1. The van der Waals surface area contributed by atoms with Gasteiger partial charge < -0.3 is 9.64 Å². The molecule has 0 atom stereocenters. The number of fused-ring (bicyclic) bond motifs is 2. The molecule has 3 aromatic rings. The highest BCUT2D eigenvalue weighted by atomic mass is 16.5. The zero-order valence-corrected chi connectivity index (χ0v) is 15.1. The summed E-state index contributed by atoms with van der Waals surface area (Å²) in [6.45, 7) is 3.56. The maximum Gasteiger partial charge on any atom is 0.278 e. The largest absolute Gasteiger partial charge is 0.494 e. The molecule has 1 aliphatic heterocycles. The lowest BCUT2D eigenvalue weighted by Gasteiger charge is -2.29. The van der Waals surface area contributed by atoms with Crippen LogP contribution in [0.15, 0.2) is 47.3 Å². The molecule has 1 amide bonds. The molecule has 0 bridgehead atoms. The Morgan fingerprint density at radius 1 is 1.19 bits per heavy atom. The summed E-state index contributed by atoms with van der Waals surface area (Å²) in [7, 11) is 0. The summed E-state index contributed by atoms with van der Waals surface area (Å²) in [6.07, 6.45) is 0.784. The first-order valence-corrected chi connectivity index (χ1v) is 9.00. The zero-order valence-electron chi connectivity index (χ0n) is 15.1. The van der Waals surface area contributed by atoms with Crippen LogP contribution in [0.5, 0.6) is 5.75 Å². The predicted molar refractivity (Wildman–Crippen MR) is 101 cm³/mol. The van der Waals surface area contributed by atoms with Gasteiger partial charge in [0.1, 0.15) is 17.8 Å². The van der Waals surface area contributed by atoms with Crippen LogP contribution < -0.4 is 10.3 Å². The van der Waals surface area contributed by atoms with E-state index in [-0.39, 0.29) is 18.0 Å². The molecule has 0 fully saturated rings. The molecule has 1 aliphatic rings. The van der Waals surface area contributed by atoms with Gasteiger partial charge in [-0.15, -0.1) is 5.10 Å². The summed E-state index contributed by atoms with van der Waals surface area (Å²) in [5.74, 6) is 0.663. The van der Waals surface area contributed by atoms with E-state index in [4.69, 9.17) is 4.74 Å². The lowest BCUT2D eigenvalue weighted by atomic mass is 9.99. The highest BCUT2D eigenvalue weighted by Gasteiger charge is 2.22. The van der Waals surface area contributed by atoms with E-state index in [0.717, 1.165) is 22.4 Å². The average molecular weight is 364 g/mol. The Balaban J connectivity index is 1.53. The highest BCUT2D eigenvalue weighted by molar-refractivity contribution is 5.78. The van der Waals surface area contributed by atoms with Crippen molar-refractivity contribution in [3.8, 4) is 5.75 Å². The van der Waals surface area contributed by atoms with E-state index in [1.54, 1.807) is 29.2 Å². The van der Waals surface area contributed by atoms with Gasteiger partial charge in [-0.25, -0.2) is 4.68 Å². The first-order chi connectivity index (χ1) is 13.2. The van der Waals surface area contributed by atoms with E-state index in [1.165, 1.54) is 5.56 Å². The Hall–Kier alpha value is -3.22. The van der Waals surface area contributed by atoms with Crippen molar-refractivity contribution < 1.29 is 9.53 Å². The number of nitrogens with zero attached hydrogens (tertiary/aromatic N) is 4. The number of aromatic nitrogens is 3. The van der Waals surface area contributed by atoms with Crippen molar-refractivity contribution in [1.29, 1.82) is 0 Å². The molecule has 0 N–H and O–H groups in total.